The molecule has 208 valence electrons. The first-order valence-corrected chi connectivity index (χ1v) is 13.7. The molecule has 2 amide bonds. The van der Waals surface area contributed by atoms with Crippen molar-refractivity contribution in [2.45, 2.75) is 31.8 Å². The van der Waals surface area contributed by atoms with E-state index >= 15 is 0 Å². The molecule has 0 bridgehead atoms. The van der Waals surface area contributed by atoms with Crippen molar-refractivity contribution >= 4 is 35.5 Å². The first kappa shape index (κ1) is 26.4. The van der Waals surface area contributed by atoms with E-state index in [-0.39, 0.29) is 5.78 Å². The summed E-state index contributed by atoms with van der Waals surface area (Å²) in [7, 11) is 1.54. The minimum Gasteiger partial charge on any atom is -0.497 e. The summed E-state index contributed by atoms with van der Waals surface area (Å²) in [4.78, 5) is 55.6. The molecular formula is C32H29N3O6. The maximum absolute atomic E-state index is 14.1. The van der Waals surface area contributed by atoms with Gasteiger partial charge in [0.05, 0.1) is 49.1 Å². The van der Waals surface area contributed by atoms with E-state index in [2.05, 4.69) is 5.10 Å². The Morgan fingerprint density at radius 3 is 2.27 bits per heavy atom. The zero-order valence-corrected chi connectivity index (χ0v) is 22.7. The van der Waals surface area contributed by atoms with Gasteiger partial charge in [0.1, 0.15) is 11.8 Å². The van der Waals surface area contributed by atoms with Crippen LogP contribution in [0.5, 0.6) is 5.75 Å². The monoisotopic (exact) mass is 551 g/mol. The maximum Gasteiger partial charge on any atom is 0.338 e. The van der Waals surface area contributed by atoms with Gasteiger partial charge in [-0.2, -0.15) is 5.10 Å². The Labute approximate surface area is 237 Å². The maximum atomic E-state index is 14.1. The van der Waals surface area contributed by atoms with Crippen LogP contribution in [-0.2, 0) is 14.3 Å². The second-order valence-electron chi connectivity index (χ2n) is 10.3. The number of hydrogen-bond acceptors (Lipinski definition) is 8. The highest BCUT2D eigenvalue weighted by Crippen LogP contribution is 2.53. The van der Waals surface area contributed by atoms with Crippen LogP contribution in [-0.4, -0.2) is 54.5 Å². The summed E-state index contributed by atoms with van der Waals surface area (Å²) in [6.45, 7) is 2.34. The van der Waals surface area contributed by atoms with E-state index in [4.69, 9.17) is 9.47 Å². The Hall–Kier alpha value is -4.79. The van der Waals surface area contributed by atoms with Crippen molar-refractivity contribution in [1.82, 2.24) is 5.01 Å². The Morgan fingerprint density at radius 1 is 0.878 bits per heavy atom. The van der Waals surface area contributed by atoms with Crippen molar-refractivity contribution in [3.05, 3.63) is 95.1 Å². The average molecular weight is 552 g/mol. The molecule has 0 N–H and O–H groups in total. The van der Waals surface area contributed by atoms with E-state index in [1.165, 1.54) is 0 Å². The van der Waals surface area contributed by atoms with E-state index in [0.717, 1.165) is 28.9 Å². The van der Waals surface area contributed by atoms with Crippen LogP contribution in [0.25, 0.3) is 0 Å². The molecule has 9 nitrogen and oxygen atoms in total. The third kappa shape index (κ3) is 4.38. The molecule has 3 aromatic carbocycles. The number of Topliss-reactive ketones (excluding diaryl/α,β-unsaturated/α-hetero) is 1. The number of fused-ring (bicyclic) bond motifs is 5. The smallest absolute Gasteiger partial charge is 0.338 e. The second-order valence-corrected chi connectivity index (χ2v) is 10.3. The van der Waals surface area contributed by atoms with Crippen LogP contribution in [0.1, 0.15) is 57.7 Å². The van der Waals surface area contributed by atoms with Gasteiger partial charge in [-0.3, -0.25) is 19.4 Å². The SMILES string of the molecule is CCCCOC(=O)c1ccc(N2C(=O)[C@@H]3[C@@H](C2=O)[C@@H]2c4ccccc4C=NN2[C@@H]3C(=O)c2ccc(OC)cc2)cc1. The Balaban J connectivity index is 1.36. The number of imide groups is 1. The highest BCUT2D eigenvalue weighted by atomic mass is 16.5. The number of unbranched alkanes of at least 4 members (excludes halogenated alkanes) is 1. The first-order valence-electron chi connectivity index (χ1n) is 13.7. The zero-order chi connectivity index (χ0) is 28.7. The van der Waals surface area contributed by atoms with Crippen LogP contribution >= 0.6 is 0 Å². The molecule has 41 heavy (non-hydrogen) atoms. The van der Waals surface area contributed by atoms with E-state index in [0.29, 0.717) is 29.2 Å². The lowest BCUT2D eigenvalue weighted by Crippen LogP contribution is -2.44. The Morgan fingerprint density at radius 2 is 1.56 bits per heavy atom. The predicted octanol–water partition coefficient (Wildman–Crippen LogP) is 4.41. The van der Waals surface area contributed by atoms with Crippen LogP contribution in [0, 0.1) is 11.8 Å². The van der Waals surface area contributed by atoms with E-state index in [1.54, 1.807) is 66.9 Å². The summed E-state index contributed by atoms with van der Waals surface area (Å²) in [5, 5.41) is 6.23. The lowest BCUT2D eigenvalue weighted by atomic mass is 9.83. The summed E-state index contributed by atoms with van der Waals surface area (Å²) < 4.78 is 10.5. The van der Waals surface area contributed by atoms with Crippen LogP contribution < -0.4 is 9.64 Å². The average Bonchev–Trinajstić information content (AvgIpc) is 3.49. The van der Waals surface area contributed by atoms with Gasteiger partial charge in [0.25, 0.3) is 0 Å². The molecule has 0 spiro atoms. The summed E-state index contributed by atoms with van der Waals surface area (Å²) in [5.41, 5.74) is 2.76. The van der Waals surface area contributed by atoms with E-state index < -0.39 is 41.7 Å². The number of amides is 2. The third-order valence-corrected chi connectivity index (χ3v) is 8.03. The number of ether oxygens (including phenoxy) is 2. The number of hydrazone groups is 1. The second kappa shape index (κ2) is 10.6. The number of benzene rings is 3. The molecule has 0 aromatic heterocycles. The van der Waals surface area contributed by atoms with Crippen molar-refractivity contribution in [1.29, 1.82) is 0 Å². The van der Waals surface area contributed by atoms with Crippen molar-refractivity contribution in [2.24, 2.45) is 16.9 Å². The predicted molar refractivity (Wildman–Crippen MR) is 151 cm³/mol. The number of anilines is 1. The van der Waals surface area contributed by atoms with Crippen molar-refractivity contribution < 1.29 is 28.7 Å². The number of carbonyl (C=O) groups excluding carboxylic acids is 4. The standard InChI is InChI=1S/C32H29N3O6/c1-3-4-17-41-32(39)20-9-13-22(14-10-20)34-30(37)25-26(31(34)38)28(29(36)19-11-15-23(40-2)16-12-19)35-27(25)24-8-6-5-7-21(24)18-33-35/h5-16,18,25-28H,3-4,17H2,1-2H3/t25-,26-,27+,28+/m1/s1. The van der Waals surface area contributed by atoms with Gasteiger partial charge in [-0.25, -0.2) is 9.69 Å². The highest BCUT2D eigenvalue weighted by molar-refractivity contribution is 6.24. The van der Waals surface area contributed by atoms with Gasteiger partial charge in [0.2, 0.25) is 11.8 Å². The summed E-state index contributed by atoms with van der Waals surface area (Å²) in [6.07, 6.45) is 3.35. The number of ketones is 1. The van der Waals surface area contributed by atoms with Crippen LogP contribution in [0.3, 0.4) is 0 Å². The fraction of sp³-hybridized carbons (Fsp3) is 0.281. The number of hydrogen-bond donors (Lipinski definition) is 0. The van der Waals surface area contributed by atoms with Gasteiger partial charge in [0, 0.05) is 5.56 Å². The molecule has 3 aliphatic rings. The van der Waals surface area contributed by atoms with Crippen molar-refractivity contribution in [2.75, 3.05) is 18.6 Å². The topological polar surface area (TPSA) is 106 Å². The third-order valence-electron chi connectivity index (χ3n) is 8.03. The molecule has 3 heterocycles. The lowest BCUT2D eigenvalue weighted by molar-refractivity contribution is -0.124. The van der Waals surface area contributed by atoms with Crippen molar-refractivity contribution in [3.8, 4) is 5.75 Å². The number of methoxy groups -OCH3 is 1. The number of carbonyl (C=O) groups is 4. The Bertz CT molecular complexity index is 1550. The number of esters is 1. The first-order chi connectivity index (χ1) is 19.9. The minimum atomic E-state index is -0.975. The van der Waals surface area contributed by atoms with Gasteiger partial charge in [-0.1, -0.05) is 37.6 Å². The van der Waals surface area contributed by atoms with E-state index in [9.17, 15) is 19.2 Å². The molecule has 9 heteroatoms. The zero-order valence-electron chi connectivity index (χ0n) is 22.7. The Kier molecular flexibility index (Phi) is 6.86. The molecule has 3 aromatic rings. The fourth-order valence-electron chi connectivity index (χ4n) is 5.99. The largest absolute Gasteiger partial charge is 0.497 e. The minimum absolute atomic E-state index is 0.296. The molecule has 6 rings (SSSR count). The fourth-order valence-corrected chi connectivity index (χ4v) is 5.99. The molecule has 3 aliphatic heterocycles. The molecular weight excluding hydrogens is 522 g/mol. The summed E-state index contributed by atoms with van der Waals surface area (Å²) in [5.74, 6) is -2.77. The molecule has 4 atom stereocenters. The highest BCUT2D eigenvalue weighted by Gasteiger charge is 2.65. The van der Waals surface area contributed by atoms with Gasteiger partial charge in [-0.15, -0.1) is 0 Å². The number of rotatable bonds is 8. The molecule has 2 fully saturated rings. The summed E-state index contributed by atoms with van der Waals surface area (Å²) in [6, 6.07) is 18.9. The quantitative estimate of drug-likeness (QED) is 0.177. The summed E-state index contributed by atoms with van der Waals surface area (Å²) >= 11 is 0. The molecule has 2 saturated heterocycles. The molecule has 0 radical (unpaired) electrons. The normalized spacial score (nSPS) is 22.3. The van der Waals surface area contributed by atoms with Gasteiger partial charge in [-0.05, 0) is 66.1 Å². The van der Waals surface area contributed by atoms with Crippen LogP contribution in [0.4, 0.5) is 5.69 Å². The van der Waals surface area contributed by atoms with Gasteiger partial charge >= 0.3 is 5.97 Å². The van der Waals surface area contributed by atoms with Gasteiger partial charge in [0.15, 0.2) is 5.78 Å². The molecule has 0 unspecified atom stereocenters. The molecule has 0 saturated carbocycles. The number of nitrogens with zero attached hydrogens (tertiary/aromatic N) is 3. The lowest BCUT2D eigenvalue weighted by Gasteiger charge is -2.33. The van der Waals surface area contributed by atoms with E-state index in [1.807, 2.05) is 31.2 Å². The van der Waals surface area contributed by atoms with Crippen LogP contribution in [0.15, 0.2) is 77.9 Å². The van der Waals surface area contributed by atoms with Crippen LogP contribution in [0.2, 0.25) is 0 Å². The van der Waals surface area contributed by atoms with Crippen molar-refractivity contribution in [3.63, 3.8) is 0 Å². The molecule has 0 aliphatic carbocycles. The van der Waals surface area contributed by atoms with Gasteiger partial charge < -0.3 is 9.47 Å².